The van der Waals surface area contributed by atoms with Crippen LogP contribution in [-0.2, 0) is 32.0 Å². The summed E-state index contributed by atoms with van der Waals surface area (Å²) in [7, 11) is 0. The van der Waals surface area contributed by atoms with E-state index in [4.69, 9.17) is 11.5 Å². The fourth-order valence-corrected chi connectivity index (χ4v) is 6.17. The summed E-state index contributed by atoms with van der Waals surface area (Å²) in [6, 6.07) is 16.4. The number of carbonyl (C=O) groups is 5. The molecule has 0 spiro atoms. The number of nitrogens with zero attached hydrogens (tertiary/aromatic N) is 2. The number of aryl methyl sites for hydroxylation is 3. The fourth-order valence-electron chi connectivity index (χ4n) is 6.17. The molecule has 5 rings (SSSR count). The van der Waals surface area contributed by atoms with Gasteiger partial charge in [-0.1, -0.05) is 67.3 Å². The Labute approximate surface area is 301 Å². The Morgan fingerprint density at radius 2 is 1.67 bits per heavy atom. The van der Waals surface area contributed by atoms with Crippen molar-refractivity contribution in [2.45, 2.75) is 52.1 Å². The molecule has 8 N–H and O–H groups in total. The van der Waals surface area contributed by atoms with Crippen molar-refractivity contribution in [2.75, 3.05) is 18.4 Å². The number of anilines is 1. The highest BCUT2D eigenvalue weighted by Gasteiger charge is 2.27. The normalized spacial score (nSPS) is 15.0. The minimum atomic E-state index is -1.04. The van der Waals surface area contributed by atoms with Crippen molar-refractivity contribution in [3.05, 3.63) is 106 Å². The van der Waals surface area contributed by atoms with Gasteiger partial charge in [0.1, 0.15) is 12.1 Å². The molecule has 0 saturated heterocycles. The van der Waals surface area contributed by atoms with Crippen LogP contribution in [0.4, 0.5) is 5.69 Å². The van der Waals surface area contributed by atoms with Crippen molar-refractivity contribution in [1.29, 1.82) is 0 Å². The van der Waals surface area contributed by atoms with Crippen LogP contribution < -0.4 is 32.7 Å². The van der Waals surface area contributed by atoms with Gasteiger partial charge < -0.3 is 32.7 Å². The summed E-state index contributed by atoms with van der Waals surface area (Å²) in [5, 5.41) is 11.0. The standard InChI is InChI=1S/C39H42N8O5/c1-5-24-9-11-27(12-10-24)37-43-22(3)34(23(4)44-37)39(52)46-30(13-14-40)38(51)47-35-21(2)15-26-17-29(35)28-8-6-7-25(16-28)19-32(48)42-20-33(49)45-31(18-26)36(41)50/h5-12,15-17,30-31H,1,13-14,18-20,40H2,2-4H3,(H2,41,50)(H,42,48)(H,45,49)(H,46,52)(H,47,51)/t30-,31?/m0/s1. The number of primary amides is 1. The topological polar surface area (TPSA) is 211 Å². The van der Waals surface area contributed by atoms with Crippen molar-refractivity contribution in [2.24, 2.45) is 11.5 Å². The van der Waals surface area contributed by atoms with Gasteiger partial charge in [0, 0.05) is 17.5 Å². The van der Waals surface area contributed by atoms with Crippen LogP contribution in [-0.4, -0.2) is 64.7 Å². The molecule has 0 saturated carbocycles. The molecule has 268 valence electrons. The lowest BCUT2D eigenvalue weighted by molar-refractivity contribution is -0.128. The molecule has 0 aliphatic carbocycles. The van der Waals surface area contributed by atoms with Crippen LogP contribution in [0.5, 0.6) is 0 Å². The quantitative estimate of drug-likeness (QED) is 0.152. The predicted molar refractivity (Wildman–Crippen MR) is 199 cm³/mol. The summed E-state index contributed by atoms with van der Waals surface area (Å²) in [6.07, 6.45) is 1.95. The molecule has 4 aromatic rings. The van der Waals surface area contributed by atoms with Gasteiger partial charge in [-0.05, 0) is 67.6 Å². The van der Waals surface area contributed by atoms with Gasteiger partial charge in [0.05, 0.1) is 35.6 Å². The van der Waals surface area contributed by atoms with Crippen molar-refractivity contribution >= 4 is 41.3 Å². The monoisotopic (exact) mass is 702 g/mol. The second-order valence-corrected chi connectivity index (χ2v) is 12.7. The van der Waals surface area contributed by atoms with Crippen molar-refractivity contribution < 1.29 is 24.0 Å². The van der Waals surface area contributed by atoms with Gasteiger partial charge in [-0.3, -0.25) is 24.0 Å². The maximum atomic E-state index is 14.0. The van der Waals surface area contributed by atoms with E-state index in [1.165, 1.54) is 0 Å². The summed E-state index contributed by atoms with van der Waals surface area (Å²) < 4.78 is 0. The lowest BCUT2D eigenvalue weighted by Crippen LogP contribution is -2.49. The zero-order valence-electron chi connectivity index (χ0n) is 29.3. The van der Waals surface area contributed by atoms with Gasteiger partial charge in [-0.25, -0.2) is 9.97 Å². The lowest BCUT2D eigenvalue weighted by Gasteiger charge is -2.23. The molecular formula is C39H42N8O5. The van der Waals surface area contributed by atoms with Gasteiger partial charge in [0.15, 0.2) is 5.82 Å². The SMILES string of the molecule is C=Cc1ccc(-c2nc(C)c(C(=O)N[C@@H](CCN)C(=O)Nc3c(C)cc4cc3-c3cccc(c3)CC(=O)NCC(=O)NC(C(N)=O)C4)c(C)n2)cc1. The summed E-state index contributed by atoms with van der Waals surface area (Å²) >= 11 is 0. The van der Waals surface area contributed by atoms with Gasteiger partial charge in [0.2, 0.25) is 23.6 Å². The molecular weight excluding hydrogens is 660 g/mol. The highest BCUT2D eigenvalue weighted by molar-refractivity contribution is 6.04. The lowest BCUT2D eigenvalue weighted by atomic mass is 9.93. The number of amides is 5. The molecule has 13 heteroatoms. The maximum absolute atomic E-state index is 14.0. The Balaban J connectivity index is 1.46. The molecule has 1 unspecified atom stereocenters. The summed E-state index contributed by atoms with van der Waals surface area (Å²) in [5.74, 6) is -2.22. The minimum Gasteiger partial charge on any atom is -0.368 e. The third kappa shape index (κ3) is 8.74. The summed E-state index contributed by atoms with van der Waals surface area (Å²) in [5.41, 5.74) is 18.2. The average molecular weight is 703 g/mol. The van der Waals surface area contributed by atoms with Crippen LogP contribution in [0.3, 0.4) is 0 Å². The molecule has 5 amide bonds. The highest BCUT2D eigenvalue weighted by Crippen LogP contribution is 2.34. The first-order chi connectivity index (χ1) is 24.9. The van der Waals surface area contributed by atoms with E-state index in [1.807, 2.05) is 42.5 Å². The van der Waals surface area contributed by atoms with Gasteiger partial charge in [-0.2, -0.15) is 0 Å². The van der Waals surface area contributed by atoms with E-state index in [1.54, 1.807) is 45.0 Å². The van der Waals surface area contributed by atoms with Gasteiger partial charge in [-0.15, -0.1) is 0 Å². The van der Waals surface area contributed by atoms with E-state index in [0.717, 1.165) is 11.1 Å². The number of rotatable bonds is 9. The molecule has 2 atom stereocenters. The van der Waals surface area contributed by atoms with Crippen LogP contribution in [0.15, 0.2) is 67.2 Å². The largest absolute Gasteiger partial charge is 0.368 e. The Morgan fingerprint density at radius 3 is 2.33 bits per heavy atom. The van der Waals surface area contributed by atoms with Crippen LogP contribution in [0.2, 0.25) is 0 Å². The van der Waals surface area contributed by atoms with E-state index in [0.29, 0.717) is 50.7 Å². The Morgan fingerprint density at radius 1 is 0.962 bits per heavy atom. The summed E-state index contributed by atoms with van der Waals surface area (Å²) in [4.78, 5) is 74.4. The number of hydrogen-bond donors (Lipinski definition) is 6. The number of benzene rings is 3. The molecule has 2 heterocycles. The molecule has 0 fully saturated rings. The Hall–Kier alpha value is -6.21. The number of nitrogens with one attached hydrogen (secondary N) is 4. The third-order valence-electron chi connectivity index (χ3n) is 8.79. The first-order valence-corrected chi connectivity index (χ1v) is 16.8. The van der Waals surface area contributed by atoms with E-state index in [-0.39, 0.29) is 43.8 Å². The zero-order valence-corrected chi connectivity index (χ0v) is 29.3. The van der Waals surface area contributed by atoms with E-state index >= 15 is 0 Å². The van der Waals surface area contributed by atoms with Crippen LogP contribution in [0, 0.1) is 20.8 Å². The van der Waals surface area contributed by atoms with Gasteiger partial charge in [0.25, 0.3) is 5.91 Å². The predicted octanol–water partition coefficient (Wildman–Crippen LogP) is 2.65. The van der Waals surface area contributed by atoms with Crippen molar-refractivity contribution in [3.63, 3.8) is 0 Å². The molecule has 4 bridgehead atoms. The smallest absolute Gasteiger partial charge is 0.255 e. The first-order valence-electron chi connectivity index (χ1n) is 16.8. The second-order valence-electron chi connectivity index (χ2n) is 12.7. The van der Waals surface area contributed by atoms with Crippen LogP contribution >= 0.6 is 0 Å². The molecule has 52 heavy (non-hydrogen) atoms. The molecule has 1 aliphatic heterocycles. The minimum absolute atomic E-state index is 0.00352. The van der Waals surface area contributed by atoms with E-state index < -0.39 is 35.7 Å². The molecule has 3 aromatic carbocycles. The van der Waals surface area contributed by atoms with E-state index in [9.17, 15) is 24.0 Å². The Bertz CT molecular complexity index is 2040. The third-order valence-corrected chi connectivity index (χ3v) is 8.79. The molecule has 1 aromatic heterocycles. The zero-order chi connectivity index (χ0) is 37.5. The van der Waals surface area contributed by atoms with Crippen LogP contribution in [0.1, 0.15) is 50.4 Å². The first kappa shape index (κ1) is 37.1. The molecule has 1 aliphatic rings. The number of fused-ring (bicyclic) bond motifs is 5. The fraction of sp³-hybridized carbons (Fsp3) is 0.256. The molecule has 13 nitrogen and oxygen atoms in total. The van der Waals surface area contributed by atoms with Crippen LogP contribution in [0.25, 0.3) is 28.6 Å². The Kier molecular flexibility index (Phi) is 11.6. The number of carbonyl (C=O) groups excluding carboxylic acids is 5. The summed E-state index contributed by atoms with van der Waals surface area (Å²) in [6.45, 7) is 8.82. The van der Waals surface area contributed by atoms with E-state index in [2.05, 4.69) is 37.8 Å². The second kappa shape index (κ2) is 16.2. The van der Waals surface area contributed by atoms with Gasteiger partial charge >= 0.3 is 0 Å². The highest BCUT2D eigenvalue weighted by atomic mass is 16.2. The van der Waals surface area contributed by atoms with Crippen molar-refractivity contribution in [3.8, 4) is 22.5 Å². The number of aromatic nitrogens is 2. The van der Waals surface area contributed by atoms with Crippen molar-refractivity contribution in [1.82, 2.24) is 25.9 Å². The number of nitrogens with two attached hydrogens (primary N) is 2. The molecule has 0 radical (unpaired) electrons. The number of hydrogen-bond acceptors (Lipinski definition) is 8. The maximum Gasteiger partial charge on any atom is 0.255 e. The average Bonchev–Trinajstić information content (AvgIpc) is 3.10.